The number of fused-ring (bicyclic) bond motifs is 1. The first-order valence-corrected chi connectivity index (χ1v) is 8.08. The van der Waals surface area contributed by atoms with Gasteiger partial charge in [0, 0.05) is 17.3 Å². The zero-order valence-electron chi connectivity index (χ0n) is 13.2. The summed E-state index contributed by atoms with van der Waals surface area (Å²) in [5, 5.41) is 8.87. The molecule has 0 aliphatic carbocycles. The van der Waals surface area contributed by atoms with Crippen molar-refractivity contribution in [1.29, 1.82) is 0 Å². The molecular weight excluding hydrogens is 363 g/mol. The highest BCUT2D eigenvalue weighted by molar-refractivity contribution is 6.31. The summed E-state index contributed by atoms with van der Waals surface area (Å²) < 4.78 is 40.1. The van der Waals surface area contributed by atoms with Crippen LogP contribution < -0.4 is 0 Å². The van der Waals surface area contributed by atoms with Crippen molar-refractivity contribution in [3.8, 4) is 22.5 Å². The number of halogens is 4. The predicted molar refractivity (Wildman–Crippen MR) is 93.9 cm³/mol. The standard InChI is InChI=1S/C19H11ClF3N3/c20-15-10-16(12-6-8-14(9-7-12)19(21,22)23)18-25-24-17(26(18)11-15)13-4-2-1-3-5-13/h1-11H. The van der Waals surface area contributed by atoms with E-state index in [2.05, 4.69) is 10.2 Å². The van der Waals surface area contributed by atoms with Crippen molar-refractivity contribution in [2.45, 2.75) is 6.18 Å². The Morgan fingerprint density at radius 2 is 1.54 bits per heavy atom. The molecule has 0 unspecified atom stereocenters. The molecule has 2 aromatic heterocycles. The maximum atomic E-state index is 12.8. The number of alkyl halides is 3. The number of hydrogen-bond donors (Lipinski definition) is 0. The maximum Gasteiger partial charge on any atom is 0.416 e. The van der Waals surface area contributed by atoms with Crippen molar-refractivity contribution in [1.82, 2.24) is 14.6 Å². The molecule has 2 heterocycles. The number of benzene rings is 2. The highest BCUT2D eigenvalue weighted by Gasteiger charge is 2.30. The summed E-state index contributed by atoms with van der Waals surface area (Å²) in [5.41, 5.74) is 1.87. The highest BCUT2D eigenvalue weighted by Crippen LogP contribution is 2.33. The van der Waals surface area contributed by atoms with Crippen LogP contribution in [0.2, 0.25) is 5.02 Å². The van der Waals surface area contributed by atoms with Gasteiger partial charge in [0.15, 0.2) is 11.5 Å². The molecule has 4 aromatic rings. The topological polar surface area (TPSA) is 30.2 Å². The molecule has 130 valence electrons. The number of pyridine rings is 1. The SMILES string of the molecule is FC(F)(F)c1ccc(-c2cc(Cl)cn3c(-c4ccccc4)nnc23)cc1. The van der Waals surface area contributed by atoms with E-state index in [-0.39, 0.29) is 0 Å². The Morgan fingerprint density at radius 1 is 0.846 bits per heavy atom. The van der Waals surface area contributed by atoms with Crippen molar-refractivity contribution in [2.75, 3.05) is 0 Å². The van der Waals surface area contributed by atoms with Crippen LogP contribution in [-0.4, -0.2) is 14.6 Å². The lowest BCUT2D eigenvalue weighted by molar-refractivity contribution is -0.137. The first-order valence-electron chi connectivity index (χ1n) is 7.71. The Morgan fingerprint density at radius 3 is 2.19 bits per heavy atom. The fourth-order valence-electron chi connectivity index (χ4n) is 2.80. The summed E-state index contributed by atoms with van der Waals surface area (Å²) in [6.45, 7) is 0. The zero-order valence-corrected chi connectivity index (χ0v) is 14.0. The zero-order chi connectivity index (χ0) is 18.3. The van der Waals surface area contributed by atoms with Crippen molar-refractivity contribution in [3.63, 3.8) is 0 Å². The van der Waals surface area contributed by atoms with E-state index in [1.165, 1.54) is 12.1 Å². The minimum Gasteiger partial charge on any atom is -0.280 e. The summed E-state index contributed by atoms with van der Waals surface area (Å²) in [5.74, 6) is 0.608. The van der Waals surface area contributed by atoms with Gasteiger partial charge in [0.05, 0.1) is 10.6 Å². The molecule has 4 rings (SSSR count). The van der Waals surface area contributed by atoms with E-state index in [1.807, 2.05) is 30.3 Å². The number of nitrogens with zero attached hydrogens (tertiary/aromatic N) is 3. The molecule has 0 N–H and O–H groups in total. The fourth-order valence-corrected chi connectivity index (χ4v) is 3.00. The molecule has 0 saturated heterocycles. The summed E-state index contributed by atoms with van der Waals surface area (Å²) in [4.78, 5) is 0. The summed E-state index contributed by atoms with van der Waals surface area (Å²) in [6, 6.07) is 16.0. The molecule has 0 fully saturated rings. The molecule has 0 aliphatic heterocycles. The Labute approximate surface area is 151 Å². The van der Waals surface area contributed by atoms with Gasteiger partial charge in [-0.1, -0.05) is 54.1 Å². The van der Waals surface area contributed by atoms with Crippen LogP contribution in [0.1, 0.15) is 5.56 Å². The lowest BCUT2D eigenvalue weighted by Crippen LogP contribution is -2.04. The lowest BCUT2D eigenvalue weighted by Gasteiger charge is -2.09. The van der Waals surface area contributed by atoms with E-state index in [9.17, 15) is 13.2 Å². The smallest absolute Gasteiger partial charge is 0.280 e. The third-order valence-electron chi connectivity index (χ3n) is 4.03. The van der Waals surface area contributed by atoms with Gasteiger partial charge in [-0.3, -0.25) is 4.40 Å². The largest absolute Gasteiger partial charge is 0.416 e. The second-order valence-electron chi connectivity index (χ2n) is 5.73. The second-order valence-corrected chi connectivity index (χ2v) is 6.17. The normalized spacial score (nSPS) is 11.8. The van der Waals surface area contributed by atoms with E-state index in [4.69, 9.17) is 11.6 Å². The molecule has 0 radical (unpaired) electrons. The van der Waals surface area contributed by atoms with Crippen LogP contribution in [0.4, 0.5) is 13.2 Å². The van der Waals surface area contributed by atoms with Gasteiger partial charge < -0.3 is 0 Å². The molecule has 0 aliphatic rings. The average Bonchev–Trinajstić information content (AvgIpc) is 3.05. The number of aromatic nitrogens is 3. The van der Waals surface area contributed by atoms with Crippen molar-refractivity contribution < 1.29 is 13.2 Å². The molecule has 2 aromatic carbocycles. The molecule has 0 bridgehead atoms. The van der Waals surface area contributed by atoms with Gasteiger partial charge in [0.1, 0.15) is 0 Å². The van der Waals surface area contributed by atoms with Gasteiger partial charge in [-0.25, -0.2) is 0 Å². The van der Waals surface area contributed by atoms with Crippen LogP contribution in [0.5, 0.6) is 0 Å². The van der Waals surface area contributed by atoms with Crippen molar-refractivity contribution in [2.24, 2.45) is 0 Å². The molecule has 0 atom stereocenters. The molecule has 0 amide bonds. The Hall–Kier alpha value is -2.86. The average molecular weight is 374 g/mol. The van der Waals surface area contributed by atoms with Gasteiger partial charge >= 0.3 is 6.18 Å². The van der Waals surface area contributed by atoms with Crippen molar-refractivity contribution >= 4 is 17.2 Å². The minimum atomic E-state index is -4.38. The van der Waals surface area contributed by atoms with Gasteiger partial charge in [-0.05, 0) is 23.8 Å². The molecular formula is C19H11ClF3N3. The van der Waals surface area contributed by atoms with Crippen LogP contribution in [0.25, 0.3) is 28.2 Å². The molecule has 26 heavy (non-hydrogen) atoms. The van der Waals surface area contributed by atoms with E-state index in [0.717, 1.165) is 17.7 Å². The Kier molecular flexibility index (Phi) is 3.92. The van der Waals surface area contributed by atoms with Gasteiger partial charge in [0.2, 0.25) is 0 Å². The van der Waals surface area contributed by atoms with Crippen LogP contribution in [0, 0.1) is 0 Å². The van der Waals surface area contributed by atoms with E-state index < -0.39 is 11.7 Å². The van der Waals surface area contributed by atoms with Crippen LogP contribution in [0.15, 0.2) is 66.9 Å². The Balaban J connectivity index is 1.88. The first-order chi connectivity index (χ1) is 12.4. The quantitative estimate of drug-likeness (QED) is 0.449. The van der Waals surface area contributed by atoms with Crippen molar-refractivity contribution in [3.05, 3.63) is 77.4 Å². The number of hydrogen-bond acceptors (Lipinski definition) is 2. The summed E-state index contributed by atoms with van der Waals surface area (Å²) in [7, 11) is 0. The lowest BCUT2D eigenvalue weighted by atomic mass is 10.0. The van der Waals surface area contributed by atoms with Crippen LogP contribution in [0.3, 0.4) is 0 Å². The van der Waals surface area contributed by atoms with E-state index >= 15 is 0 Å². The maximum absolute atomic E-state index is 12.8. The first kappa shape index (κ1) is 16.6. The number of rotatable bonds is 2. The Bertz CT molecular complexity index is 1070. The van der Waals surface area contributed by atoms with Gasteiger partial charge in [0.25, 0.3) is 0 Å². The fraction of sp³-hybridized carbons (Fsp3) is 0.0526. The third-order valence-corrected chi connectivity index (χ3v) is 4.23. The highest BCUT2D eigenvalue weighted by atomic mass is 35.5. The molecule has 7 heteroatoms. The minimum absolute atomic E-state index is 0.435. The van der Waals surface area contributed by atoms with E-state index in [1.54, 1.807) is 16.7 Å². The second kappa shape index (κ2) is 6.14. The van der Waals surface area contributed by atoms with E-state index in [0.29, 0.717) is 27.6 Å². The van der Waals surface area contributed by atoms with Crippen LogP contribution in [-0.2, 0) is 6.18 Å². The molecule has 3 nitrogen and oxygen atoms in total. The van der Waals surface area contributed by atoms with Crippen LogP contribution >= 0.6 is 11.6 Å². The molecule has 0 spiro atoms. The van der Waals surface area contributed by atoms with Gasteiger partial charge in [-0.2, -0.15) is 13.2 Å². The summed E-state index contributed by atoms with van der Waals surface area (Å²) >= 11 is 6.24. The van der Waals surface area contributed by atoms with Gasteiger partial charge in [-0.15, -0.1) is 10.2 Å². The predicted octanol–water partition coefficient (Wildman–Crippen LogP) is 5.74. The third kappa shape index (κ3) is 2.93. The molecule has 0 saturated carbocycles. The monoisotopic (exact) mass is 373 g/mol. The summed E-state index contributed by atoms with van der Waals surface area (Å²) in [6.07, 6.45) is -2.69.